The molecular formula is C20H38F2N2. The Hall–Kier alpha value is -0.220. The lowest BCUT2D eigenvalue weighted by molar-refractivity contribution is 0.00685. The third-order valence-corrected chi connectivity index (χ3v) is 5.72. The number of halogens is 2. The van der Waals surface area contributed by atoms with Gasteiger partial charge in [0.15, 0.2) is 0 Å². The maximum absolute atomic E-state index is 12.7. The third kappa shape index (κ3) is 6.95. The molecule has 0 radical (unpaired) electrons. The molecule has 2 aliphatic carbocycles. The van der Waals surface area contributed by atoms with E-state index in [-0.39, 0.29) is 18.9 Å². The summed E-state index contributed by atoms with van der Waals surface area (Å²) in [7, 11) is 0. The molecule has 4 heteroatoms. The van der Waals surface area contributed by atoms with E-state index in [0.717, 1.165) is 17.9 Å². The molecule has 0 aromatic heterocycles. The van der Waals surface area contributed by atoms with Crippen molar-refractivity contribution >= 4 is 0 Å². The fourth-order valence-corrected chi connectivity index (χ4v) is 3.77. The summed E-state index contributed by atoms with van der Waals surface area (Å²) in [6.45, 7) is 13.8. The van der Waals surface area contributed by atoms with E-state index in [9.17, 15) is 8.78 Å². The van der Waals surface area contributed by atoms with Gasteiger partial charge in [0.05, 0.1) is 0 Å². The predicted octanol–water partition coefficient (Wildman–Crippen LogP) is 4.94. The van der Waals surface area contributed by atoms with E-state index in [1.807, 2.05) is 0 Å². The lowest BCUT2D eigenvalue weighted by Gasteiger charge is -2.16. The van der Waals surface area contributed by atoms with Crippen LogP contribution in [0.5, 0.6) is 0 Å². The second kappa shape index (κ2) is 8.44. The monoisotopic (exact) mass is 344 g/mol. The fraction of sp³-hybridized carbons (Fsp3) is 1.00. The van der Waals surface area contributed by atoms with Crippen LogP contribution in [-0.2, 0) is 0 Å². The average molecular weight is 345 g/mol. The molecule has 0 bridgehead atoms. The van der Waals surface area contributed by atoms with Gasteiger partial charge in [0.1, 0.15) is 0 Å². The lowest BCUT2D eigenvalue weighted by atomic mass is 10.1. The number of nitrogens with zero attached hydrogens (tertiary/aromatic N) is 1. The van der Waals surface area contributed by atoms with Crippen molar-refractivity contribution in [3.8, 4) is 0 Å². The standard InChI is InChI=1S/C11H21N.C9H17F2N/c1-10(2)3-7-12-8-6-11(9-12)4-5-11;1-7(2)6-12-8-3-4-9(10,11)5-8/h10H,3-9H2,1-2H3;7-8,12H,3-6H2,1-2H3. The van der Waals surface area contributed by atoms with E-state index >= 15 is 0 Å². The van der Waals surface area contributed by atoms with Crippen molar-refractivity contribution in [1.82, 2.24) is 10.2 Å². The van der Waals surface area contributed by atoms with Gasteiger partial charge < -0.3 is 10.2 Å². The Labute approximate surface area is 147 Å². The van der Waals surface area contributed by atoms with Crippen molar-refractivity contribution in [3.05, 3.63) is 0 Å². The molecule has 3 rings (SSSR count). The molecule has 1 N–H and O–H groups in total. The second-order valence-corrected chi connectivity index (χ2v) is 9.31. The highest BCUT2D eigenvalue weighted by Gasteiger charge is 2.47. The SMILES string of the molecule is CC(C)CCN1CCC2(CC2)C1.CC(C)CNC1CCC(F)(F)C1. The van der Waals surface area contributed by atoms with E-state index in [0.29, 0.717) is 12.3 Å². The zero-order valence-electron chi connectivity index (χ0n) is 16.2. The number of hydrogen-bond donors (Lipinski definition) is 1. The Kier molecular flexibility index (Phi) is 7.07. The quantitative estimate of drug-likeness (QED) is 0.734. The molecule has 3 aliphatic rings. The fourth-order valence-electron chi connectivity index (χ4n) is 3.77. The van der Waals surface area contributed by atoms with Gasteiger partial charge in [0.25, 0.3) is 0 Å². The summed E-state index contributed by atoms with van der Waals surface area (Å²) >= 11 is 0. The van der Waals surface area contributed by atoms with Gasteiger partial charge in [-0.05, 0) is 69.0 Å². The van der Waals surface area contributed by atoms with Crippen LogP contribution in [0.2, 0.25) is 0 Å². The van der Waals surface area contributed by atoms with Crippen LogP contribution >= 0.6 is 0 Å². The molecular weight excluding hydrogens is 306 g/mol. The second-order valence-electron chi connectivity index (χ2n) is 9.31. The number of alkyl halides is 2. The average Bonchev–Trinajstić information content (AvgIpc) is 2.96. The minimum Gasteiger partial charge on any atom is -0.313 e. The lowest BCUT2D eigenvalue weighted by Crippen LogP contribution is -2.31. The summed E-state index contributed by atoms with van der Waals surface area (Å²) < 4.78 is 25.4. The van der Waals surface area contributed by atoms with E-state index in [4.69, 9.17) is 0 Å². The van der Waals surface area contributed by atoms with Crippen molar-refractivity contribution < 1.29 is 8.78 Å². The first-order chi connectivity index (χ1) is 11.2. The van der Waals surface area contributed by atoms with Gasteiger partial charge in [-0.2, -0.15) is 0 Å². The van der Waals surface area contributed by atoms with Crippen LogP contribution in [0.1, 0.15) is 72.6 Å². The largest absolute Gasteiger partial charge is 0.313 e. The van der Waals surface area contributed by atoms with E-state index < -0.39 is 5.92 Å². The van der Waals surface area contributed by atoms with Crippen LogP contribution in [0, 0.1) is 17.3 Å². The van der Waals surface area contributed by atoms with Gasteiger partial charge in [-0.15, -0.1) is 0 Å². The summed E-state index contributed by atoms with van der Waals surface area (Å²) in [4.78, 5) is 2.67. The van der Waals surface area contributed by atoms with Gasteiger partial charge in [-0.1, -0.05) is 27.7 Å². The van der Waals surface area contributed by atoms with E-state index in [1.165, 1.54) is 45.3 Å². The van der Waals surface area contributed by atoms with Crippen LogP contribution in [0.25, 0.3) is 0 Å². The summed E-state index contributed by atoms with van der Waals surface area (Å²) in [5.41, 5.74) is 0.830. The Bertz CT molecular complexity index is 354. The molecule has 1 spiro atoms. The molecule has 2 nitrogen and oxygen atoms in total. The minimum atomic E-state index is -2.41. The van der Waals surface area contributed by atoms with Crippen molar-refractivity contribution in [2.75, 3.05) is 26.2 Å². The van der Waals surface area contributed by atoms with Crippen LogP contribution in [0.3, 0.4) is 0 Å². The van der Waals surface area contributed by atoms with Gasteiger partial charge in [-0.25, -0.2) is 8.78 Å². The highest BCUT2D eigenvalue weighted by molar-refractivity contribution is 5.00. The van der Waals surface area contributed by atoms with Crippen LogP contribution < -0.4 is 5.32 Å². The van der Waals surface area contributed by atoms with Gasteiger partial charge in [0.2, 0.25) is 5.92 Å². The molecule has 0 aromatic carbocycles. The van der Waals surface area contributed by atoms with E-state index in [1.54, 1.807) is 0 Å². The highest BCUT2D eigenvalue weighted by Crippen LogP contribution is 2.52. The van der Waals surface area contributed by atoms with Crippen LogP contribution in [0.15, 0.2) is 0 Å². The molecule has 1 aliphatic heterocycles. The molecule has 1 heterocycles. The summed E-state index contributed by atoms with van der Waals surface area (Å²) in [6.07, 6.45) is 6.62. The molecule has 142 valence electrons. The Morgan fingerprint density at radius 2 is 1.75 bits per heavy atom. The Balaban J connectivity index is 0.000000174. The maximum Gasteiger partial charge on any atom is 0.249 e. The highest BCUT2D eigenvalue weighted by atomic mass is 19.3. The van der Waals surface area contributed by atoms with Crippen LogP contribution in [-0.4, -0.2) is 43.0 Å². The number of rotatable bonds is 6. The molecule has 2 saturated carbocycles. The summed E-state index contributed by atoms with van der Waals surface area (Å²) in [5.74, 6) is -0.991. The number of likely N-dealkylation sites (tertiary alicyclic amines) is 1. The topological polar surface area (TPSA) is 15.3 Å². The normalized spacial score (nSPS) is 27.8. The molecule has 1 atom stereocenters. The van der Waals surface area contributed by atoms with Gasteiger partial charge in [0, 0.05) is 25.4 Å². The third-order valence-electron chi connectivity index (χ3n) is 5.72. The van der Waals surface area contributed by atoms with E-state index in [2.05, 4.69) is 37.9 Å². The summed E-state index contributed by atoms with van der Waals surface area (Å²) in [5, 5.41) is 3.16. The molecule has 1 saturated heterocycles. The van der Waals surface area contributed by atoms with Crippen molar-refractivity contribution in [2.45, 2.75) is 84.6 Å². The first-order valence-electron chi connectivity index (χ1n) is 10.0. The number of nitrogens with one attached hydrogen (secondary N) is 1. The minimum absolute atomic E-state index is 0.0275. The van der Waals surface area contributed by atoms with Crippen molar-refractivity contribution in [2.24, 2.45) is 17.3 Å². The molecule has 0 aromatic rings. The van der Waals surface area contributed by atoms with Crippen molar-refractivity contribution in [1.29, 1.82) is 0 Å². The zero-order valence-corrected chi connectivity index (χ0v) is 16.2. The predicted molar refractivity (Wildman–Crippen MR) is 97.6 cm³/mol. The zero-order chi connectivity index (χ0) is 17.8. The summed E-state index contributed by atoms with van der Waals surface area (Å²) in [6, 6.07) is 0.0439. The molecule has 1 unspecified atom stereocenters. The molecule has 0 amide bonds. The Morgan fingerprint density at radius 1 is 1.04 bits per heavy atom. The van der Waals surface area contributed by atoms with Crippen LogP contribution in [0.4, 0.5) is 8.78 Å². The first kappa shape index (κ1) is 20.1. The van der Waals surface area contributed by atoms with Crippen molar-refractivity contribution in [3.63, 3.8) is 0 Å². The maximum atomic E-state index is 12.7. The molecule has 3 fully saturated rings. The first-order valence-corrected chi connectivity index (χ1v) is 10.0. The smallest absolute Gasteiger partial charge is 0.249 e. The Morgan fingerprint density at radius 3 is 2.21 bits per heavy atom. The van der Waals surface area contributed by atoms with Gasteiger partial charge >= 0.3 is 0 Å². The number of hydrogen-bond acceptors (Lipinski definition) is 2. The van der Waals surface area contributed by atoms with Gasteiger partial charge in [-0.3, -0.25) is 0 Å². The molecule has 24 heavy (non-hydrogen) atoms.